The van der Waals surface area contributed by atoms with Gasteiger partial charge < -0.3 is 10.2 Å². The number of hydrogen-bond donors (Lipinski definition) is 2. The molecule has 0 aliphatic carbocycles. The van der Waals surface area contributed by atoms with Crippen molar-refractivity contribution in [2.75, 3.05) is 0 Å². The minimum Gasteiger partial charge on any atom is -0.364 e. The fraction of sp³-hybridized carbons (Fsp3) is 0.105. The van der Waals surface area contributed by atoms with Crippen molar-refractivity contribution >= 4 is 43.9 Å². The van der Waals surface area contributed by atoms with Gasteiger partial charge in [-0.2, -0.15) is 0 Å². The van der Waals surface area contributed by atoms with Crippen LogP contribution < -0.4 is 0 Å². The maximum atomic E-state index is 9.80. The molecule has 0 aliphatic rings. The van der Waals surface area contributed by atoms with Crippen LogP contribution in [0.5, 0.6) is 0 Å². The molecule has 0 radical (unpaired) electrons. The summed E-state index contributed by atoms with van der Waals surface area (Å²) in [6.45, 7) is 1.92. The molecular weight excluding hydrogens is 342 g/mol. The first-order valence-corrected chi connectivity index (χ1v) is 8.68. The van der Waals surface area contributed by atoms with Gasteiger partial charge in [-0.15, -0.1) is 11.3 Å². The van der Waals surface area contributed by atoms with E-state index >= 15 is 0 Å². The number of rotatable bonds is 2. The Morgan fingerprint density at radius 3 is 2.62 bits per heavy atom. The summed E-state index contributed by atoms with van der Waals surface area (Å²) in [6, 6.07) is 15.5. The molecule has 24 heavy (non-hydrogen) atoms. The highest BCUT2D eigenvalue weighted by Crippen LogP contribution is 2.36. The van der Waals surface area contributed by atoms with Crippen LogP contribution in [0.3, 0.4) is 0 Å². The molecule has 2 aromatic carbocycles. The lowest BCUT2D eigenvalue weighted by molar-refractivity contribution is -0.0413. The number of aliphatic hydroxyl groups is 2. The zero-order valence-electron chi connectivity index (χ0n) is 12.8. The summed E-state index contributed by atoms with van der Waals surface area (Å²) in [5, 5.41) is 22.0. The number of aromatic nitrogens is 1. The molecule has 2 aromatic heterocycles. The molecule has 0 saturated carbocycles. The van der Waals surface area contributed by atoms with Crippen molar-refractivity contribution in [3.05, 3.63) is 64.7 Å². The molecule has 2 N–H and O–H groups in total. The van der Waals surface area contributed by atoms with Crippen LogP contribution in [0.25, 0.3) is 31.6 Å². The van der Waals surface area contributed by atoms with Gasteiger partial charge in [-0.1, -0.05) is 29.8 Å². The maximum absolute atomic E-state index is 9.80. The fourth-order valence-electron chi connectivity index (χ4n) is 2.93. The quantitative estimate of drug-likeness (QED) is 0.494. The molecular formula is C19H14ClNO2S. The second-order valence-electron chi connectivity index (χ2n) is 5.74. The van der Waals surface area contributed by atoms with Crippen LogP contribution in [0.2, 0.25) is 5.02 Å². The smallest absolute Gasteiger partial charge is 0.179 e. The van der Waals surface area contributed by atoms with Crippen molar-refractivity contribution in [2.24, 2.45) is 0 Å². The normalized spacial score (nSPS) is 11.7. The number of pyridine rings is 1. The topological polar surface area (TPSA) is 53.4 Å². The highest BCUT2D eigenvalue weighted by molar-refractivity contribution is 7.22. The Morgan fingerprint density at radius 1 is 1.08 bits per heavy atom. The van der Waals surface area contributed by atoms with Crippen molar-refractivity contribution < 1.29 is 10.2 Å². The summed E-state index contributed by atoms with van der Waals surface area (Å²) in [6.07, 6.45) is -1.58. The molecule has 0 unspecified atom stereocenters. The summed E-state index contributed by atoms with van der Waals surface area (Å²) >= 11 is 7.76. The molecule has 0 aliphatic heterocycles. The minimum absolute atomic E-state index is 0.415. The maximum Gasteiger partial charge on any atom is 0.179 e. The summed E-state index contributed by atoms with van der Waals surface area (Å²) in [5.41, 5.74) is 2.79. The zero-order chi connectivity index (χ0) is 16.8. The predicted molar refractivity (Wildman–Crippen MR) is 99.5 cm³/mol. The third kappa shape index (κ3) is 2.58. The highest BCUT2D eigenvalue weighted by atomic mass is 35.5. The SMILES string of the molecule is Cc1cc(Cl)cc2c(C(O)O)cc(-c3cc4ccccc4s3)nc12. The number of thiophene rings is 1. The van der Waals surface area contributed by atoms with E-state index in [0.717, 1.165) is 27.0 Å². The molecule has 0 bridgehead atoms. The second kappa shape index (κ2) is 5.83. The van der Waals surface area contributed by atoms with Gasteiger partial charge in [0.2, 0.25) is 0 Å². The molecule has 2 heterocycles. The van der Waals surface area contributed by atoms with E-state index in [1.54, 1.807) is 23.5 Å². The number of nitrogens with zero attached hydrogens (tertiary/aromatic N) is 1. The largest absolute Gasteiger partial charge is 0.364 e. The first-order valence-electron chi connectivity index (χ1n) is 7.49. The number of halogens is 1. The molecule has 0 saturated heterocycles. The average Bonchev–Trinajstić information content (AvgIpc) is 2.98. The van der Waals surface area contributed by atoms with E-state index in [-0.39, 0.29) is 0 Å². The number of benzene rings is 2. The lowest BCUT2D eigenvalue weighted by Gasteiger charge is -2.12. The summed E-state index contributed by atoms with van der Waals surface area (Å²) < 4.78 is 1.17. The first kappa shape index (κ1) is 15.5. The van der Waals surface area contributed by atoms with Gasteiger partial charge in [0.15, 0.2) is 6.29 Å². The molecule has 0 fully saturated rings. The summed E-state index contributed by atoms with van der Waals surface area (Å²) in [4.78, 5) is 5.75. The van der Waals surface area contributed by atoms with Crippen molar-refractivity contribution in [1.82, 2.24) is 4.98 Å². The van der Waals surface area contributed by atoms with Gasteiger partial charge >= 0.3 is 0 Å². The van der Waals surface area contributed by atoms with Gasteiger partial charge in [0.25, 0.3) is 0 Å². The summed E-state index contributed by atoms with van der Waals surface area (Å²) in [7, 11) is 0. The Bertz CT molecular complexity index is 1040. The van der Waals surface area contributed by atoms with E-state index < -0.39 is 6.29 Å². The minimum atomic E-state index is -1.58. The molecule has 4 aromatic rings. The van der Waals surface area contributed by atoms with Crippen molar-refractivity contribution in [2.45, 2.75) is 13.2 Å². The highest BCUT2D eigenvalue weighted by Gasteiger charge is 2.16. The average molecular weight is 356 g/mol. The third-order valence-electron chi connectivity index (χ3n) is 4.06. The second-order valence-corrected chi connectivity index (χ2v) is 7.26. The van der Waals surface area contributed by atoms with E-state index in [1.807, 2.05) is 25.1 Å². The Labute approximate surface area is 147 Å². The van der Waals surface area contributed by atoms with E-state index in [9.17, 15) is 10.2 Å². The Balaban J connectivity index is 2.02. The van der Waals surface area contributed by atoms with E-state index in [2.05, 4.69) is 18.2 Å². The van der Waals surface area contributed by atoms with Crippen LogP contribution in [-0.4, -0.2) is 15.2 Å². The van der Waals surface area contributed by atoms with Gasteiger partial charge in [0, 0.05) is 20.7 Å². The molecule has 3 nitrogen and oxygen atoms in total. The lowest BCUT2D eigenvalue weighted by Crippen LogP contribution is -2.00. The van der Waals surface area contributed by atoms with Crippen LogP contribution in [0.1, 0.15) is 17.4 Å². The molecule has 5 heteroatoms. The monoisotopic (exact) mass is 355 g/mol. The number of aryl methyl sites for hydroxylation is 1. The Kier molecular flexibility index (Phi) is 3.77. The lowest BCUT2D eigenvalue weighted by atomic mass is 10.0. The van der Waals surface area contributed by atoms with Crippen molar-refractivity contribution in [1.29, 1.82) is 0 Å². The van der Waals surface area contributed by atoms with Crippen LogP contribution in [0.4, 0.5) is 0 Å². The van der Waals surface area contributed by atoms with Crippen LogP contribution in [0.15, 0.2) is 48.5 Å². The van der Waals surface area contributed by atoms with Gasteiger partial charge in [-0.25, -0.2) is 4.98 Å². The molecule has 4 rings (SSSR count). The van der Waals surface area contributed by atoms with Crippen LogP contribution in [0, 0.1) is 6.92 Å². The van der Waals surface area contributed by atoms with Crippen LogP contribution in [-0.2, 0) is 0 Å². The Morgan fingerprint density at radius 2 is 1.88 bits per heavy atom. The van der Waals surface area contributed by atoms with Crippen molar-refractivity contribution in [3.63, 3.8) is 0 Å². The van der Waals surface area contributed by atoms with Crippen LogP contribution >= 0.6 is 22.9 Å². The third-order valence-corrected chi connectivity index (χ3v) is 5.41. The number of hydrogen-bond acceptors (Lipinski definition) is 4. The Hall–Kier alpha value is -1.98. The van der Waals surface area contributed by atoms with E-state index in [0.29, 0.717) is 16.0 Å². The van der Waals surface area contributed by atoms with E-state index in [1.165, 1.54) is 4.70 Å². The first-order chi connectivity index (χ1) is 11.5. The van der Waals surface area contributed by atoms with Gasteiger partial charge in [0.1, 0.15) is 0 Å². The summed E-state index contributed by atoms with van der Waals surface area (Å²) in [5.74, 6) is 0. The molecule has 0 amide bonds. The fourth-order valence-corrected chi connectivity index (χ4v) is 4.23. The van der Waals surface area contributed by atoms with E-state index in [4.69, 9.17) is 16.6 Å². The molecule has 0 atom stereocenters. The van der Waals surface area contributed by atoms with Crippen molar-refractivity contribution in [3.8, 4) is 10.6 Å². The molecule has 0 spiro atoms. The predicted octanol–water partition coefficient (Wildman–Crippen LogP) is 5.06. The van der Waals surface area contributed by atoms with Gasteiger partial charge in [0.05, 0.1) is 16.1 Å². The molecule has 120 valence electrons. The zero-order valence-corrected chi connectivity index (χ0v) is 14.4. The van der Waals surface area contributed by atoms with Gasteiger partial charge in [-0.3, -0.25) is 0 Å². The number of fused-ring (bicyclic) bond motifs is 2. The standard InChI is InChI=1S/C19H14ClNO2S/c1-10-6-12(20)8-13-14(19(22)23)9-15(21-18(10)13)17-7-11-4-2-3-5-16(11)24-17/h2-9,19,22-23H,1H3. The van der Waals surface area contributed by atoms with Gasteiger partial charge in [-0.05, 0) is 48.2 Å². The number of aliphatic hydroxyl groups excluding tert-OH is 1.